The van der Waals surface area contributed by atoms with E-state index in [1.807, 2.05) is 42.7 Å². The fourth-order valence-electron chi connectivity index (χ4n) is 4.95. The first-order chi connectivity index (χ1) is 18.1. The van der Waals surface area contributed by atoms with Gasteiger partial charge in [-0.15, -0.1) is 0 Å². The number of hydrogen-bond acceptors (Lipinski definition) is 8. The van der Waals surface area contributed by atoms with Crippen LogP contribution in [-0.2, 0) is 21.5 Å². The molecule has 2 aromatic heterocycles. The molecule has 4 rings (SSSR count). The molecular formula is C28H42N6O4. The number of nitrogens with one attached hydrogen (secondary N) is 2. The number of nitrogens with zero attached hydrogens (tertiary/aromatic N) is 4. The van der Waals surface area contributed by atoms with Gasteiger partial charge in [-0.05, 0) is 24.5 Å². The number of furan rings is 1. The van der Waals surface area contributed by atoms with Gasteiger partial charge < -0.3 is 29.6 Å². The van der Waals surface area contributed by atoms with E-state index in [2.05, 4.69) is 29.5 Å². The van der Waals surface area contributed by atoms with Gasteiger partial charge in [0.25, 0.3) is 5.91 Å². The summed E-state index contributed by atoms with van der Waals surface area (Å²) in [6.45, 7) is 15.0. The average molecular weight is 527 g/mol. The first-order valence-corrected chi connectivity index (χ1v) is 13.7. The second-order valence-corrected chi connectivity index (χ2v) is 11.7. The highest BCUT2D eigenvalue weighted by molar-refractivity contribution is 5.98. The first kappa shape index (κ1) is 28.0. The number of anilines is 1. The van der Waals surface area contributed by atoms with Gasteiger partial charge in [-0.3, -0.25) is 9.59 Å². The van der Waals surface area contributed by atoms with Crippen molar-refractivity contribution in [3.05, 3.63) is 41.7 Å². The number of aromatic nitrogens is 2. The summed E-state index contributed by atoms with van der Waals surface area (Å²) in [5, 5.41) is 6.73. The summed E-state index contributed by atoms with van der Waals surface area (Å²) in [6.07, 6.45) is 3.89. The molecule has 0 saturated carbocycles. The molecule has 10 heteroatoms. The van der Waals surface area contributed by atoms with Crippen LogP contribution in [0.4, 0.5) is 5.82 Å². The van der Waals surface area contributed by atoms with Gasteiger partial charge in [-0.2, -0.15) is 0 Å². The normalized spacial score (nSPS) is 20.4. The summed E-state index contributed by atoms with van der Waals surface area (Å²) in [5.74, 6) is 1.98. The predicted octanol–water partition coefficient (Wildman–Crippen LogP) is 2.91. The molecule has 2 aromatic rings. The molecule has 2 N–H and O–H groups in total. The molecule has 0 radical (unpaired) electrons. The van der Waals surface area contributed by atoms with Gasteiger partial charge in [-0.25, -0.2) is 9.97 Å². The predicted molar refractivity (Wildman–Crippen MR) is 145 cm³/mol. The molecular weight excluding hydrogens is 484 g/mol. The first-order valence-electron chi connectivity index (χ1n) is 13.7. The molecule has 2 amide bonds. The number of hydrogen-bond donors (Lipinski definition) is 2. The molecule has 0 unspecified atom stereocenters. The number of ether oxygens (including phenoxy) is 1. The third kappa shape index (κ3) is 6.91. The fourth-order valence-corrected chi connectivity index (χ4v) is 4.95. The maximum atomic E-state index is 14.1. The van der Waals surface area contributed by atoms with E-state index in [9.17, 15) is 9.59 Å². The van der Waals surface area contributed by atoms with Crippen LogP contribution in [0.5, 0.6) is 0 Å². The van der Waals surface area contributed by atoms with Gasteiger partial charge in [0.15, 0.2) is 0 Å². The third-order valence-corrected chi connectivity index (χ3v) is 6.96. The smallest absolute Gasteiger partial charge is 0.259 e. The van der Waals surface area contributed by atoms with E-state index in [1.165, 1.54) is 0 Å². The largest absolute Gasteiger partial charge is 0.467 e. The fraction of sp³-hybridized carbons (Fsp3) is 0.643. The van der Waals surface area contributed by atoms with E-state index in [0.29, 0.717) is 76.1 Å². The third-order valence-electron chi connectivity index (χ3n) is 6.96. The molecule has 2 aliphatic heterocycles. The molecule has 208 valence electrons. The summed E-state index contributed by atoms with van der Waals surface area (Å²) in [4.78, 5) is 40.5. The van der Waals surface area contributed by atoms with Crippen LogP contribution in [-0.4, -0.2) is 83.6 Å². The Labute approximate surface area is 225 Å². The van der Waals surface area contributed by atoms with Crippen LogP contribution in [0, 0.1) is 11.8 Å². The Balaban J connectivity index is 1.58. The van der Waals surface area contributed by atoms with Gasteiger partial charge >= 0.3 is 0 Å². The Bertz CT molecular complexity index is 1080. The van der Waals surface area contributed by atoms with Crippen LogP contribution >= 0.6 is 0 Å². The van der Waals surface area contributed by atoms with Gasteiger partial charge in [0.1, 0.15) is 23.0 Å². The molecule has 0 aromatic carbocycles. The van der Waals surface area contributed by atoms with E-state index in [-0.39, 0.29) is 35.1 Å². The SMILES string of the molecule is CC(C)CN(C(=O)c1cnc(C(C)(C)C)nc1NCc1ccco1)[C@H]1CNC[C@H](C(=O)N2CCOCC2)C1. The van der Waals surface area contributed by atoms with Crippen molar-refractivity contribution in [2.75, 3.05) is 51.3 Å². The lowest BCUT2D eigenvalue weighted by atomic mass is 9.92. The second-order valence-electron chi connectivity index (χ2n) is 11.7. The zero-order valence-electron chi connectivity index (χ0n) is 23.3. The standard InChI is InChI=1S/C28H42N6O4/c1-19(2)18-34(21-13-20(14-29-15-21)25(35)33-8-11-37-12-9-33)26(36)23-17-31-27(28(3,4)5)32-24(23)30-16-22-7-6-10-38-22/h6-7,10,17,19-21,29H,8-9,11-16,18H2,1-5H3,(H,30,31,32)/t20-,21-/m1/s1. The Kier molecular flexibility index (Phi) is 9.04. The highest BCUT2D eigenvalue weighted by Crippen LogP contribution is 2.26. The monoisotopic (exact) mass is 526 g/mol. The molecule has 2 aliphatic rings. The van der Waals surface area contributed by atoms with Crippen molar-refractivity contribution < 1.29 is 18.7 Å². The van der Waals surface area contributed by atoms with Crippen LogP contribution < -0.4 is 10.6 Å². The second kappa shape index (κ2) is 12.3. The van der Waals surface area contributed by atoms with Crippen molar-refractivity contribution in [1.29, 1.82) is 0 Å². The lowest BCUT2D eigenvalue weighted by Gasteiger charge is -2.40. The van der Waals surface area contributed by atoms with E-state index in [4.69, 9.17) is 14.1 Å². The molecule has 0 bridgehead atoms. The van der Waals surface area contributed by atoms with Crippen LogP contribution in [0.3, 0.4) is 0 Å². The summed E-state index contributed by atoms with van der Waals surface area (Å²) >= 11 is 0. The molecule has 0 aliphatic carbocycles. The molecule has 2 saturated heterocycles. The van der Waals surface area contributed by atoms with E-state index in [0.717, 1.165) is 5.76 Å². The van der Waals surface area contributed by atoms with Crippen LogP contribution in [0.15, 0.2) is 29.0 Å². The van der Waals surface area contributed by atoms with E-state index in [1.54, 1.807) is 12.5 Å². The minimum Gasteiger partial charge on any atom is -0.467 e. The molecule has 2 atom stereocenters. The summed E-state index contributed by atoms with van der Waals surface area (Å²) in [5.41, 5.74) is 0.146. The van der Waals surface area contributed by atoms with Crippen molar-refractivity contribution in [3.8, 4) is 0 Å². The van der Waals surface area contributed by atoms with E-state index >= 15 is 0 Å². The highest BCUT2D eigenvalue weighted by Gasteiger charge is 2.36. The van der Waals surface area contributed by atoms with Crippen molar-refractivity contribution in [2.45, 2.75) is 59.0 Å². The van der Waals surface area contributed by atoms with Crippen molar-refractivity contribution >= 4 is 17.6 Å². The Morgan fingerprint density at radius 1 is 1.24 bits per heavy atom. The number of rotatable bonds is 8. The van der Waals surface area contributed by atoms with Gasteiger partial charge in [-0.1, -0.05) is 34.6 Å². The van der Waals surface area contributed by atoms with Gasteiger partial charge in [0, 0.05) is 50.4 Å². The highest BCUT2D eigenvalue weighted by atomic mass is 16.5. The lowest BCUT2D eigenvalue weighted by molar-refractivity contribution is -0.140. The number of carbonyl (C=O) groups is 2. The summed E-state index contributed by atoms with van der Waals surface area (Å²) in [7, 11) is 0. The van der Waals surface area contributed by atoms with Crippen LogP contribution in [0.1, 0.15) is 63.0 Å². The Morgan fingerprint density at radius 2 is 2.00 bits per heavy atom. The molecule has 38 heavy (non-hydrogen) atoms. The lowest BCUT2D eigenvalue weighted by Crippen LogP contribution is -2.56. The maximum absolute atomic E-state index is 14.1. The topological polar surface area (TPSA) is 113 Å². The van der Waals surface area contributed by atoms with E-state index < -0.39 is 0 Å². The maximum Gasteiger partial charge on any atom is 0.259 e. The minimum absolute atomic E-state index is 0.117. The zero-order chi connectivity index (χ0) is 27.3. The molecule has 0 spiro atoms. The minimum atomic E-state index is -0.277. The van der Waals surface area contributed by atoms with Crippen LogP contribution in [0.25, 0.3) is 0 Å². The number of piperidine rings is 1. The number of carbonyl (C=O) groups excluding carboxylic acids is 2. The molecule has 10 nitrogen and oxygen atoms in total. The van der Waals surface area contributed by atoms with Crippen molar-refractivity contribution in [1.82, 2.24) is 25.1 Å². The van der Waals surface area contributed by atoms with Gasteiger partial charge in [0.2, 0.25) is 5.91 Å². The van der Waals surface area contributed by atoms with Crippen molar-refractivity contribution in [3.63, 3.8) is 0 Å². The van der Waals surface area contributed by atoms with Crippen LogP contribution in [0.2, 0.25) is 0 Å². The zero-order valence-corrected chi connectivity index (χ0v) is 23.3. The number of morpholine rings is 1. The number of amides is 2. The molecule has 4 heterocycles. The Morgan fingerprint density at radius 3 is 2.66 bits per heavy atom. The van der Waals surface area contributed by atoms with Crippen molar-refractivity contribution in [2.24, 2.45) is 11.8 Å². The van der Waals surface area contributed by atoms with Gasteiger partial charge in [0.05, 0.1) is 31.9 Å². The molecule has 2 fully saturated rings. The summed E-state index contributed by atoms with van der Waals surface area (Å²) in [6, 6.07) is 3.59. The summed E-state index contributed by atoms with van der Waals surface area (Å²) < 4.78 is 10.9. The average Bonchev–Trinajstić information content (AvgIpc) is 3.43. The quantitative estimate of drug-likeness (QED) is 0.540. The Hall–Kier alpha value is -2.98.